The molecule has 14 heteroatoms. The van der Waals surface area contributed by atoms with Crippen LogP contribution in [0.15, 0.2) is 139 Å². The maximum Gasteiger partial charge on any atom is 0.295 e. The molecule has 2 aliphatic rings. The monoisotopic (exact) mass is 767 g/mol. The van der Waals surface area contributed by atoms with Crippen molar-refractivity contribution in [2.24, 2.45) is 0 Å². The number of allylic oxidation sites excluding steroid dienone is 2. The van der Waals surface area contributed by atoms with Crippen molar-refractivity contribution in [2.45, 2.75) is 19.6 Å². The molecule has 48 heavy (non-hydrogen) atoms. The van der Waals surface area contributed by atoms with Gasteiger partial charge in [0, 0.05) is 42.5 Å². The van der Waals surface area contributed by atoms with E-state index in [0.717, 1.165) is 42.8 Å². The highest BCUT2D eigenvalue weighted by molar-refractivity contribution is 7.98. The Morgan fingerprint density at radius 3 is 2.10 bits per heavy atom. The predicted octanol–water partition coefficient (Wildman–Crippen LogP) is 7.21. The van der Waals surface area contributed by atoms with Gasteiger partial charge in [-0.3, -0.25) is 9.11 Å². The molecule has 0 spiro atoms. The largest absolute Gasteiger partial charge is 0.308 e. The fourth-order valence-electron chi connectivity index (χ4n) is 5.73. The average molecular weight is 768 g/mol. The summed E-state index contributed by atoms with van der Waals surface area (Å²) in [5.41, 5.74) is 2.10. The number of thioether (sulfide) groups is 1. The molecule has 1 atom stereocenters. The Morgan fingerprint density at radius 1 is 0.812 bits per heavy atom. The Labute approximate surface area is 295 Å². The van der Waals surface area contributed by atoms with E-state index in [4.69, 9.17) is 0 Å². The van der Waals surface area contributed by atoms with E-state index < -0.39 is 37.2 Å². The minimum Gasteiger partial charge on any atom is -0.308 e. The summed E-state index contributed by atoms with van der Waals surface area (Å²) in [5, 5.41) is 1.59. The minimum atomic E-state index is -5.02. The van der Waals surface area contributed by atoms with E-state index in [2.05, 4.69) is 12.6 Å². The van der Waals surface area contributed by atoms with Gasteiger partial charge in [0.05, 0.1) is 20.7 Å². The van der Waals surface area contributed by atoms with Crippen LogP contribution in [0.3, 0.4) is 0 Å². The molecule has 1 unspecified atom stereocenters. The molecule has 0 radical (unpaired) electrons. The first-order chi connectivity index (χ1) is 22.8. The van der Waals surface area contributed by atoms with Gasteiger partial charge in [0.2, 0.25) is 16.2 Å². The number of fused-ring (bicyclic) bond motifs is 2. The Kier molecular flexibility index (Phi) is 8.59. The van der Waals surface area contributed by atoms with Gasteiger partial charge < -0.3 is 4.57 Å². The normalized spacial score (nSPS) is 17.5. The van der Waals surface area contributed by atoms with Crippen molar-refractivity contribution >= 4 is 95.5 Å². The lowest BCUT2D eigenvalue weighted by molar-refractivity contribution is 0.481. The third-order valence-corrected chi connectivity index (χ3v) is 16.6. The van der Waals surface area contributed by atoms with Crippen LogP contribution in [-0.2, 0) is 36.2 Å². The van der Waals surface area contributed by atoms with Crippen LogP contribution in [0.1, 0.15) is 16.0 Å². The fourth-order valence-corrected chi connectivity index (χ4v) is 14.0. The van der Waals surface area contributed by atoms with Gasteiger partial charge in [-0.15, -0.1) is 35.7 Å². The number of thiophene rings is 1. The molecule has 0 fully saturated rings. The van der Waals surface area contributed by atoms with Crippen LogP contribution >= 0.6 is 42.9 Å². The van der Waals surface area contributed by atoms with E-state index in [-0.39, 0.29) is 5.56 Å². The van der Waals surface area contributed by atoms with E-state index >= 15 is 4.57 Å². The molecule has 3 heterocycles. The Balaban J connectivity index is 1.60. The summed E-state index contributed by atoms with van der Waals surface area (Å²) < 4.78 is 86.0. The van der Waals surface area contributed by atoms with Crippen LogP contribution in [0.2, 0.25) is 0 Å². The molecule has 7 nitrogen and oxygen atoms in total. The molecule has 0 amide bonds. The Bertz CT molecular complexity index is 2500. The van der Waals surface area contributed by atoms with Crippen LogP contribution in [-0.4, -0.2) is 37.1 Å². The molecule has 2 aliphatic heterocycles. The first kappa shape index (κ1) is 33.4. The third kappa shape index (κ3) is 5.81. The predicted molar refractivity (Wildman–Crippen MR) is 200 cm³/mol. The first-order valence-electron chi connectivity index (χ1n) is 14.1. The van der Waals surface area contributed by atoms with Crippen LogP contribution in [0.5, 0.6) is 0 Å². The zero-order chi connectivity index (χ0) is 34.0. The van der Waals surface area contributed by atoms with E-state index in [9.17, 15) is 25.9 Å². The standard InChI is InChI=1S/C34H23O7PS6/c1-44-24-13-9-21(10-14-24)30-19-28-34(46-30)32(26-16-15-25(47(36,37)38)17-31(26)48(39,40)41)33-27(42(28,35)22-5-3-2-4-6-22)18-29(45-33)20-7-11-23(43)12-8-20/h2-19H,1H3,(H2-,35,36,37,38,39,40,41,43)/p+1. The summed E-state index contributed by atoms with van der Waals surface area (Å²) in [7, 11) is -13.4. The summed E-state index contributed by atoms with van der Waals surface area (Å²) in [6.07, 6.45) is 3.87. The smallest absolute Gasteiger partial charge is 0.295 e. The average Bonchev–Trinajstić information content (AvgIpc) is 3.72. The lowest BCUT2D eigenvalue weighted by Crippen LogP contribution is -2.23. The van der Waals surface area contributed by atoms with E-state index in [0.29, 0.717) is 31.3 Å². The lowest BCUT2D eigenvalue weighted by Gasteiger charge is -2.25. The second kappa shape index (κ2) is 12.3. The van der Waals surface area contributed by atoms with Crippen LogP contribution in [0.4, 0.5) is 0 Å². The number of hydrogen-bond acceptors (Lipinski definition) is 8. The van der Waals surface area contributed by atoms with E-state index in [1.165, 1.54) is 28.8 Å². The fraction of sp³-hybridized carbons (Fsp3) is 0.0294. The molecule has 7 rings (SSSR count). The molecule has 2 N–H and O–H groups in total. The van der Waals surface area contributed by atoms with Crippen molar-refractivity contribution in [1.82, 2.24) is 0 Å². The topological polar surface area (TPSA) is 126 Å². The van der Waals surface area contributed by atoms with Gasteiger partial charge in [0.1, 0.15) is 4.90 Å². The summed E-state index contributed by atoms with van der Waals surface area (Å²) in [6.45, 7) is 0. The van der Waals surface area contributed by atoms with E-state index in [1.807, 2.05) is 97.3 Å². The zero-order valence-electron chi connectivity index (χ0n) is 24.8. The highest BCUT2D eigenvalue weighted by Crippen LogP contribution is 2.63. The second-order valence-electron chi connectivity index (χ2n) is 10.9. The molecule has 4 aromatic carbocycles. The van der Waals surface area contributed by atoms with E-state index in [1.54, 1.807) is 11.8 Å². The number of rotatable bonds is 7. The van der Waals surface area contributed by atoms with Crippen molar-refractivity contribution in [3.63, 3.8) is 0 Å². The number of thiol groups is 1. The quantitative estimate of drug-likeness (QED) is 0.0397. The van der Waals surface area contributed by atoms with Gasteiger partial charge in [0.15, 0.2) is 7.14 Å². The van der Waals surface area contributed by atoms with Gasteiger partial charge >= 0.3 is 0 Å². The summed E-state index contributed by atoms with van der Waals surface area (Å²) in [6, 6.07) is 29.5. The highest BCUT2D eigenvalue weighted by atomic mass is 32.2. The summed E-state index contributed by atoms with van der Waals surface area (Å²) in [4.78, 5) is 3.06. The van der Waals surface area contributed by atoms with Gasteiger partial charge in [0.25, 0.3) is 25.1 Å². The van der Waals surface area contributed by atoms with Crippen LogP contribution < -0.4 is 10.6 Å². The summed E-state index contributed by atoms with van der Waals surface area (Å²) >= 11 is 8.68. The van der Waals surface area contributed by atoms with Gasteiger partial charge in [-0.05, 0) is 66.4 Å². The molecule has 1 aromatic heterocycles. The molecule has 0 bridgehead atoms. The third-order valence-electron chi connectivity index (χ3n) is 8.00. The van der Waals surface area contributed by atoms with Crippen molar-refractivity contribution in [3.8, 4) is 10.4 Å². The van der Waals surface area contributed by atoms with Crippen molar-refractivity contribution in [3.05, 3.63) is 135 Å². The lowest BCUT2D eigenvalue weighted by atomic mass is 10.0. The van der Waals surface area contributed by atoms with Crippen LogP contribution in [0.25, 0.3) is 16.0 Å². The molecular weight excluding hydrogens is 744 g/mol. The first-order valence-corrected chi connectivity index (χ1v) is 22.0. The molecule has 0 saturated heterocycles. The molecule has 0 aliphatic carbocycles. The summed E-state index contributed by atoms with van der Waals surface area (Å²) in [5.74, 6) is 0. The maximum absolute atomic E-state index is 15.9. The second-order valence-corrected chi connectivity index (χ2v) is 19.9. The molecule has 0 saturated carbocycles. The maximum atomic E-state index is 15.9. The SMILES string of the molecule is CSc1ccc(C2=[S+]C3=C(c4ccc(S(=O)(=O)O)cc4S(=O)(=O)O)c4sc(-c5ccc(S)cc5)cc4P(=O)(c4ccccc4)C3=C2)cc1. The van der Waals surface area contributed by atoms with Gasteiger partial charge in [-0.2, -0.15) is 16.8 Å². The number of hydrogen-bond donors (Lipinski definition) is 3. The van der Waals surface area contributed by atoms with Crippen molar-refractivity contribution in [2.75, 3.05) is 6.26 Å². The number of benzene rings is 4. The Morgan fingerprint density at radius 2 is 1.48 bits per heavy atom. The Hall–Kier alpha value is -3.10. The van der Waals surface area contributed by atoms with Gasteiger partial charge in [-0.1, -0.05) is 48.5 Å². The van der Waals surface area contributed by atoms with Crippen molar-refractivity contribution in [1.29, 1.82) is 0 Å². The molecule has 5 aromatic rings. The highest BCUT2D eigenvalue weighted by Gasteiger charge is 2.51. The van der Waals surface area contributed by atoms with Crippen LogP contribution in [0, 0.1) is 0 Å². The molecule has 242 valence electrons. The minimum absolute atomic E-state index is 0.0111. The molecular formula is C34H24O7PS6+. The van der Waals surface area contributed by atoms with Crippen molar-refractivity contribution < 1.29 is 30.5 Å². The van der Waals surface area contributed by atoms with Gasteiger partial charge in [-0.25, -0.2) is 0 Å². The zero-order valence-corrected chi connectivity index (χ0v) is 30.6.